The number of nitrogens with one attached hydrogen (secondary N) is 1. The molecule has 132 valence electrons. The Labute approximate surface area is 148 Å². The highest BCUT2D eigenvalue weighted by Crippen LogP contribution is 2.38. The summed E-state index contributed by atoms with van der Waals surface area (Å²) in [6, 6.07) is 5.51. The van der Waals surface area contributed by atoms with Crippen molar-refractivity contribution in [1.29, 1.82) is 0 Å². The first-order chi connectivity index (χ1) is 12.0. The molecule has 2 aromatic heterocycles. The second-order valence-corrected chi connectivity index (χ2v) is 9.42. The summed E-state index contributed by atoms with van der Waals surface area (Å²) in [6.45, 7) is 3.82. The van der Waals surface area contributed by atoms with E-state index in [-0.39, 0.29) is 0 Å². The van der Waals surface area contributed by atoms with Crippen LogP contribution in [0.1, 0.15) is 26.2 Å². The van der Waals surface area contributed by atoms with Gasteiger partial charge in [0.15, 0.2) is 5.65 Å². The molecule has 25 heavy (non-hydrogen) atoms. The van der Waals surface area contributed by atoms with E-state index in [1.54, 1.807) is 18.5 Å². The van der Waals surface area contributed by atoms with E-state index in [1.165, 1.54) is 9.55 Å². The van der Waals surface area contributed by atoms with Gasteiger partial charge in [0.2, 0.25) is 10.0 Å². The molecule has 1 unspecified atom stereocenters. The van der Waals surface area contributed by atoms with Gasteiger partial charge >= 0.3 is 0 Å². The Morgan fingerprint density at radius 1 is 1.28 bits per heavy atom. The molecule has 5 nitrogen and oxygen atoms in total. The second kappa shape index (κ2) is 6.11. The largest absolute Gasteiger partial charge is 0.317 e. The highest BCUT2D eigenvalue weighted by atomic mass is 32.2. The van der Waals surface area contributed by atoms with Gasteiger partial charge in [0.05, 0.1) is 0 Å². The normalized spacial score (nSPS) is 25.2. The molecule has 4 rings (SSSR count). The number of piperidine rings is 1. The number of hydrogen-bond donors (Lipinski definition) is 1. The lowest BCUT2D eigenvalue weighted by Crippen LogP contribution is -2.40. The van der Waals surface area contributed by atoms with Gasteiger partial charge in [0, 0.05) is 17.8 Å². The van der Waals surface area contributed by atoms with Gasteiger partial charge in [-0.15, -0.1) is 0 Å². The summed E-state index contributed by atoms with van der Waals surface area (Å²) in [6.07, 6.45) is 11.8. The fraction of sp³-hybridized carbons (Fsp3) is 0.421. The fourth-order valence-electron chi connectivity index (χ4n) is 3.91. The highest BCUT2D eigenvalue weighted by Gasteiger charge is 2.41. The molecule has 1 N–H and O–H groups in total. The van der Waals surface area contributed by atoms with Crippen LogP contribution in [0, 0.1) is 5.92 Å². The van der Waals surface area contributed by atoms with Crippen LogP contribution in [0.4, 0.5) is 0 Å². The van der Waals surface area contributed by atoms with Gasteiger partial charge in [-0.05, 0) is 63.4 Å². The molecule has 1 aliphatic heterocycles. The number of nitrogens with zero attached hydrogens (tertiary/aromatic N) is 2. The number of hydrogen-bond acceptors (Lipinski definition) is 4. The molecule has 0 amide bonds. The van der Waals surface area contributed by atoms with E-state index in [9.17, 15) is 8.42 Å². The Bertz CT molecular complexity index is 952. The van der Waals surface area contributed by atoms with Crippen LogP contribution in [0.25, 0.3) is 11.0 Å². The molecule has 1 saturated heterocycles. The molecular formula is C19H23N3O2S. The molecule has 0 bridgehead atoms. The van der Waals surface area contributed by atoms with Gasteiger partial charge in [0.25, 0.3) is 0 Å². The Kier molecular flexibility index (Phi) is 4.04. The zero-order valence-corrected chi connectivity index (χ0v) is 15.2. The predicted molar refractivity (Wildman–Crippen MR) is 99.9 cm³/mol. The monoisotopic (exact) mass is 357 g/mol. The highest BCUT2D eigenvalue weighted by molar-refractivity contribution is 7.91. The molecule has 0 aromatic carbocycles. The summed E-state index contributed by atoms with van der Waals surface area (Å²) < 4.78 is 27.3. The van der Waals surface area contributed by atoms with E-state index in [0.29, 0.717) is 18.0 Å². The van der Waals surface area contributed by atoms with Crippen molar-refractivity contribution in [3.05, 3.63) is 54.4 Å². The van der Waals surface area contributed by atoms with Crippen LogP contribution in [0.15, 0.2) is 54.4 Å². The standard InChI is InChI=1S/C19H23N3O2S/c1-19(9-2-4-17(14-19)15-6-11-20-12-7-15)25(23,24)22-13-8-16-5-3-10-21-18(16)22/h2-5,8-10,13,15,20H,6-7,11-12,14H2,1H3. The Morgan fingerprint density at radius 3 is 2.88 bits per heavy atom. The number of pyridine rings is 1. The average molecular weight is 357 g/mol. The Morgan fingerprint density at radius 2 is 2.08 bits per heavy atom. The Balaban J connectivity index is 1.70. The summed E-state index contributed by atoms with van der Waals surface area (Å²) in [5.41, 5.74) is 1.74. The van der Waals surface area contributed by atoms with E-state index in [4.69, 9.17) is 0 Å². The second-order valence-electron chi connectivity index (χ2n) is 7.15. The molecule has 1 fully saturated rings. The average Bonchev–Trinajstić information content (AvgIpc) is 3.07. The molecule has 2 aromatic rings. The van der Waals surface area contributed by atoms with Crippen LogP contribution in [-0.4, -0.2) is 35.2 Å². The third-order valence-corrected chi connectivity index (χ3v) is 7.71. The van der Waals surface area contributed by atoms with Crippen molar-refractivity contribution < 1.29 is 8.42 Å². The smallest absolute Gasteiger partial charge is 0.249 e. The topological polar surface area (TPSA) is 64.0 Å². The summed E-state index contributed by atoms with van der Waals surface area (Å²) in [7, 11) is -3.61. The molecule has 1 atom stereocenters. The lowest BCUT2D eigenvalue weighted by Gasteiger charge is -2.34. The van der Waals surface area contributed by atoms with Crippen molar-refractivity contribution in [2.75, 3.05) is 13.1 Å². The van der Waals surface area contributed by atoms with Crippen LogP contribution in [0.3, 0.4) is 0 Å². The minimum absolute atomic E-state index is 0.472. The first-order valence-corrected chi connectivity index (χ1v) is 10.2. The van der Waals surface area contributed by atoms with Crippen LogP contribution in [0.5, 0.6) is 0 Å². The molecular weight excluding hydrogens is 334 g/mol. The SMILES string of the molecule is CC1(S(=O)(=O)n2ccc3cccnc32)C=CC=C(C2CCNCC2)C1. The van der Waals surface area contributed by atoms with Gasteiger partial charge < -0.3 is 5.32 Å². The number of allylic oxidation sites excluding steroid dienone is 3. The third kappa shape index (κ3) is 2.73. The van der Waals surface area contributed by atoms with Crippen LogP contribution < -0.4 is 5.32 Å². The zero-order valence-electron chi connectivity index (χ0n) is 14.4. The summed E-state index contributed by atoms with van der Waals surface area (Å²) in [4.78, 5) is 4.28. The van der Waals surface area contributed by atoms with E-state index < -0.39 is 14.8 Å². The van der Waals surface area contributed by atoms with Crippen molar-refractivity contribution in [3.63, 3.8) is 0 Å². The van der Waals surface area contributed by atoms with Gasteiger partial charge in [-0.25, -0.2) is 17.4 Å². The van der Waals surface area contributed by atoms with Crippen LogP contribution >= 0.6 is 0 Å². The molecule has 3 heterocycles. The van der Waals surface area contributed by atoms with E-state index in [2.05, 4.69) is 16.4 Å². The maximum absolute atomic E-state index is 13.4. The maximum atomic E-state index is 13.4. The minimum atomic E-state index is -3.61. The van der Waals surface area contributed by atoms with Crippen LogP contribution in [0.2, 0.25) is 0 Å². The fourth-order valence-corrected chi connectivity index (χ4v) is 5.56. The van der Waals surface area contributed by atoms with Gasteiger partial charge in [-0.1, -0.05) is 23.8 Å². The summed E-state index contributed by atoms with van der Waals surface area (Å²) in [5, 5.41) is 4.21. The maximum Gasteiger partial charge on any atom is 0.249 e. The van der Waals surface area contributed by atoms with E-state index in [1.807, 2.05) is 31.2 Å². The van der Waals surface area contributed by atoms with Crippen molar-refractivity contribution in [2.24, 2.45) is 5.92 Å². The van der Waals surface area contributed by atoms with Crippen LogP contribution in [-0.2, 0) is 10.0 Å². The minimum Gasteiger partial charge on any atom is -0.317 e. The molecule has 2 aliphatic rings. The first-order valence-electron chi connectivity index (χ1n) is 8.77. The molecule has 1 aliphatic carbocycles. The van der Waals surface area contributed by atoms with E-state index in [0.717, 1.165) is 31.3 Å². The molecule has 6 heteroatoms. The van der Waals surface area contributed by atoms with Crippen molar-refractivity contribution in [1.82, 2.24) is 14.3 Å². The molecule has 0 radical (unpaired) electrons. The molecule has 0 spiro atoms. The predicted octanol–water partition coefficient (Wildman–Crippen LogP) is 2.86. The number of aromatic nitrogens is 2. The lowest BCUT2D eigenvalue weighted by molar-refractivity contribution is 0.404. The molecule has 0 saturated carbocycles. The van der Waals surface area contributed by atoms with Crippen molar-refractivity contribution >= 4 is 21.1 Å². The Hall–Kier alpha value is -1.92. The number of rotatable bonds is 3. The number of fused-ring (bicyclic) bond motifs is 1. The quantitative estimate of drug-likeness (QED) is 0.917. The first kappa shape index (κ1) is 16.5. The third-order valence-electron chi connectivity index (χ3n) is 5.44. The van der Waals surface area contributed by atoms with Gasteiger partial charge in [0.1, 0.15) is 4.75 Å². The summed E-state index contributed by atoms with van der Waals surface area (Å²) in [5.74, 6) is 0.472. The lowest BCUT2D eigenvalue weighted by atomic mass is 9.82. The van der Waals surface area contributed by atoms with E-state index >= 15 is 0 Å². The zero-order chi connectivity index (χ0) is 17.5. The van der Waals surface area contributed by atoms with Gasteiger partial charge in [-0.3, -0.25) is 0 Å². The van der Waals surface area contributed by atoms with Crippen molar-refractivity contribution in [2.45, 2.75) is 30.9 Å². The summed E-state index contributed by atoms with van der Waals surface area (Å²) >= 11 is 0. The van der Waals surface area contributed by atoms with Gasteiger partial charge in [-0.2, -0.15) is 0 Å². The van der Waals surface area contributed by atoms with Crippen molar-refractivity contribution in [3.8, 4) is 0 Å².